The minimum Gasteiger partial charge on any atom is -0.477 e. The molecule has 0 radical (unpaired) electrons. The van der Waals surface area contributed by atoms with Crippen molar-refractivity contribution in [1.29, 1.82) is 0 Å². The highest BCUT2D eigenvalue weighted by molar-refractivity contribution is 6.33. The van der Waals surface area contributed by atoms with Crippen molar-refractivity contribution >= 4 is 28.9 Å². The Labute approximate surface area is 172 Å². The van der Waals surface area contributed by atoms with Gasteiger partial charge in [-0.15, -0.1) is 10.2 Å². The maximum absolute atomic E-state index is 14.2. The lowest BCUT2D eigenvalue weighted by atomic mass is 10.1. The molecule has 1 aliphatic rings. The first-order valence-corrected chi connectivity index (χ1v) is 9.66. The van der Waals surface area contributed by atoms with Gasteiger partial charge in [0, 0.05) is 22.3 Å². The van der Waals surface area contributed by atoms with Crippen molar-refractivity contribution in [3.63, 3.8) is 0 Å². The summed E-state index contributed by atoms with van der Waals surface area (Å²) in [6, 6.07) is 9.86. The van der Waals surface area contributed by atoms with E-state index in [2.05, 4.69) is 10.2 Å². The number of nitrogens with two attached hydrogens (primary N) is 1. The second kappa shape index (κ2) is 6.94. The van der Waals surface area contributed by atoms with Crippen molar-refractivity contribution < 1.29 is 9.13 Å². The second-order valence-corrected chi connectivity index (χ2v) is 8.22. The molecule has 0 saturated heterocycles. The Morgan fingerprint density at radius 1 is 1.14 bits per heavy atom. The Bertz CT molecular complexity index is 1050. The zero-order chi connectivity index (χ0) is 20.1. The van der Waals surface area contributed by atoms with E-state index >= 15 is 0 Å². The normalized spacial score (nSPS) is 14.3. The van der Waals surface area contributed by atoms with Gasteiger partial charge in [0.05, 0.1) is 5.02 Å². The van der Waals surface area contributed by atoms with E-state index in [1.807, 2.05) is 24.5 Å². The lowest BCUT2D eigenvalue weighted by Gasteiger charge is -2.27. The van der Waals surface area contributed by atoms with E-state index in [4.69, 9.17) is 33.7 Å². The molecule has 28 heavy (non-hydrogen) atoms. The standard InChI is InChI=1S/C20H19Cl2FN4O/c1-20(2,28-17-8-3-11(21)9-16(17)23)19-26-25-18(27(19)13-5-6-13)14-7-4-12(24)10-15(14)22/h3-4,7-10,13H,5-6,24H2,1-2H3. The van der Waals surface area contributed by atoms with E-state index in [1.54, 1.807) is 18.2 Å². The molecule has 1 saturated carbocycles. The van der Waals surface area contributed by atoms with Crippen LogP contribution in [0, 0.1) is 5.82 Å². The van der Waals surface area contributed by atoms with Crippen LogP contribution in [-0.2, 0) is 5.60 Å². The third-order valence-electron chi connectivity index (χ3n) is 4.64. The fraction of sp³-hybridized carbons (Fsp3) is 0.300. The molecule has 1 aromatic heterocycles. The van der Waals surface area contributed by atoms with Crippen molar-refractivity contribution in [2.45, 2.75) is 38.3 Å². The Balaban J connectivity index is 1.76. The monoisotopic (exact) mass is 420 g/mol. The molecule has 0 spiro atoms. The van der Waals surface area contributed by atoms with Crippen LogP contribution in [0.15, 0.2) is 36.4 Å². The van der Waals surface area contributed by atoms with Crippen LogP contribution in [0.2, 0.25) is 10.0 Å². The number of nitrogen functional groups attached to an aromatic ring is 1. The molecule has 0 bridgehead atoms. The molecule has 1 fully saturated rings. The summed E-state index contributed by atoms with van der Waals surface area (Å²) in [6.45, 7) is 3.66. The molecule has 8 heteroatoms. The third kappa shape index (κ3) is 3.54. The molecule has 0 atom stereocenters. The molecule has 2 N–H and O–H groups in total. The van der Waals surface area contributed by atoms with Crippen molar-refractivity contribution in [1.82, 2.24) is 14.8 Å². The van der Waals surface area contributed by atoms with E-state index in [0.29, 0.717) is 27.4 Å². The number of hydrogen-bond donors (Lipinski definition) is 1. The van der Waals surface area contributed by atoms with Gasteiger partial charge in [-0.05, 0) is 63.1 Å². The van der Waals surface area contributed by atoms with E-state index < -0.39 is 11.4 Å². The number of anilines is 1. The van der Waals surface area contributed by atoms with Crippen LogP contribution in [0.25, 0.3) is 11.4 Å². The van der Waals surface area contributed by atoms with Gasteiger partial charge in [-0.1, -0.05) is 23.2 Å². The van der Waals surface area contributed by atoms with E-state index in [-0.39, 0.29) is 11.8 Å². The Morgan fingerprint density at radius 3 is 2.54 bits per heavy atom. The highest BCUT2D eigenvalue weighted by atomic mass is 35.5. The van der Waals surface area contributed by atoms with Crippen LogP contribution in [0.3, 0.4) is 0 Å². The molecule has 0 aliphatic heterocycles. The first-order valence-electron chi connectivity index (χ1n) is 8.91. The lowest BCUT2D eigenvalue weighted by Crippen LogP contribution is -2.30. The van der Waals surface area contributed by atoms with Crippen LogP contribution < -0.4 is 10.5 Å². The Kier molecular flexibility index (Phi) is 4.71. The average molecular weight is 421 g/mol. The van der Waals surface area contributed by atoms with Gasteiger partial charge in [-0.25, -0.2) is 4.39 Å². The van der Waals surface area contributed by atoms with Gasteiger partial charge in [0.2, 0.25) is 0 Å². The molecule has 5 nitrogen and oxygen atoms in total. The molecule has 146 valence electrons. The number of hydrogen-bond acceptors (Lipinski definition) is 4. The van der Waals surface area contributed by atoms with Gasteiger partial charge in [0.1, 0.15) is 0 Å². The SMILES string of the molecule is CC(C)(Oc1ccc(Cl)cc1F)c1nnc(-c2ccc(N)cc2Cl)n1C1CC1. The second-order valence-electron chi connectivity index (χ2n) is 7.37. The van der Waals surface area contributed by atoms with Gasteiger partial charge in [-0.2, -0.15) is 0 Å². The number of aromatic nitrogens is 3. The molecular formula is C20H19Cl2FN4O. The summed E-state index contributed by atoms with van der Waals surface area (Å²) < 4.78 is 22.3. The van der Waals surface area contributed by atoms with Crippen molar-refractivity contribution in [2.24, 2.45) is 0 Å². The van der Waals surface area contributed by atoms with Gasteiger partial charge >= 0.3 is 0 Å². The number of nitrogens with zero attached hydrogens (tertiary/aromatic N) is 3. The predicted octanol–water partition coefficient (Wildman–Crippen LogP) is 5.62. The van der Waals surface area contributed by atoms with Crippen LogP contribution >= 0.6 is 23.2 Å². The summed E-state index contributed by atoms with van der Waals surface area (Å²) in [5, 5.41) is 9.57. The molecule has 4 rings (SSSR count). The zero-order valence-electron chi connectivity index (χ0n) is 15.4. The highest BCUT2D eigenvalue weighted by Gasteiger charge is 2.38. The molecule has 1 aliphatic carbocycles. The minimum absolute atomic E-state index is 0.104. The highest BCUT2D eigenvalue weighted by Crippen LogP contribution is 2.43. The summed E-state index contributed by atoms with van der Waals surface area (Å²) in [6.07, 6.45) is 2.02. The Hall–Kier alpha value is -2.31. The van der Waals surface area contributed by atoms with E-state index in [0.717, 1.165) is 18.4 Å². The summed E-state index contributed by atoms with van der Waals surface area (Å²) in [5.74, 6) is 0.828. The quantitative estimate of drug-likeness (QED) is 0.543. The number of benzene rings is 2. The summed E-state index contributed by atoms with van der Waals surface area (Å²) in [4.78, 5) is 0. The first kappa shape index (κ1) is 19.0. The van der Waals surface area contributed by atoms with Crippen LogP contribution in [-0.4, -0.2) is 14.8 Å². The van der Waals surface area contributed by atoms with E-state index in [1.165, 1.54) is 12.1 Å². The van der Waals surface area contributed by atoms with Crippen molar-refractivity contribution in [3.05, 3.63) is 58.1 Å². The topological polar surface area (TPSA) is 66.0 Å². The van der Waals surface area contributed by atoms with Crippen LogP contribution in [0.1, 0.15) is 38.6 Å². The fourth-order valence-corrected chi connectivity index (χ4v) is 3.59. The first-order chi connectivity index (χ1) is 13.3. The van der Waals surface area contributed by atoms with Gasteiger partial charge < -0.3 is 15.0 Å². The Morgan fingerprint density at radius 2 is 1.89 bits per heavy atom. The van der Waals surface area contributed by atoms with Gasteiger partial charge in [0.15, 0.2) is 28.8 Å². The maximum Gasteiger partial charge on any atom is 0.177 e. The predicted molar refractivity (Wildman–Crippen MR) is 108 cm³/mol. The fourth-order valence-electron chi connectivity index (χ4n) is 3.16. The van der Waals surface area contributed by atoms with E-state index in [9.17, 15) is 4.39 Å². The number of rotatable bonds is 5. The van der Waals surface area contributed by atoms with Gasteiger partial charge in [-0.3, -0.25) is 0 Å². The molecule has 3 aromatic rings. The molecular weight excluding hydrogens is 402 g/mol. The average Bonchev–Trinajstić information content (AvgIpc) is 3.36. The van der Waals surface area contributed by atoms with Crippen LogP contribution in [0.4, 0.5) is 10.1 Å². The summed E-state index contributed by atoms with van der Waals surface area (Å²) in [5.41, 5.74) is 6.20. The smallest absolute Gasteiger partial charge is 0.177 e. The molecule has 0 amide bonds. The molecule has 1 heterocycles. The molecule has 0 unspecified atom stereocenters. The maximum atomic E-state index is 14.2. The van der Waals surface area contributed by atoms with Crippen molar-refractivity contribution in [2.75, 3.05) is 5.73 Å². The zero-order valence-corrected chi connectivity index (χ0v) is 16.9. The van der Waals surface area contributed by atoms with Crippen molar-refractivity contribution in [3.8, 4) is 17.1 Å². The van der Waals surface area contributed by atoms with Gasteiger partial charge in [0.25, 0.3) is 0 Å². The third-order valence-corrected chi connectivity index (χ3v) is 5.19. The largest absolute Gasteiger partial charge is 0.477 e. The number of ether oxygens (including phenoxy) is 1. The summed E-state index contributed by atoms with van der Waals surface area (Å²) in [7, 11) is 0. The summed E-state index contributed by atoms with van der Waals surface area (Å²) >= 11 is 12.2. The number of halogens is 3. The molecule has 2 aromatic carbocycles. The minimum atomic E-state index is -0.928. The van der Waals surface area contributed by atoms with Crippen LogP contribution in [0.5, 0.6) is 5.75 Å². The lowest BCUT2D eigenvalue weighted by molar-refractivity contribution is 0.0882.